The summed E-state index contributed by atoms with van der Waals surface area (Å²) in [4.78, 5) is 6.39. The van der Waals surface area contributed by atoms with Gasteiger partial charge in [-0.25, -0.2) is 4.98 Å². The van der Waals surface area contributed by atoms with Crippen molar-refractivity contribution >= 4 is 10.0 Å². The van der Waals surface area contributed by atoms with Crippen molar-refractivity contribution in [3.63, 3.8) is 0 Å². The minimum absolute atomic E-state index is 0.0778. The van der Waals surface area contributed by atoms with Gasteiger partial charge in [0.2, 0.25) is 0 Å². The number of nitrogens with one attached hydrogen (secondary N) is 1. The van der Waals surface area contributed by atoms with Gasteiger partial charge in [-0.3, -0.25) is 0 Å². The molecule has 0 aliphatic rings. The summed E-state index contributed by atoms with van der Waals surface area (Å²) in [6, 6.07) is 14.3. The van der Waals surface area contributed by atoms with Crippen LogP contribution in [0.3, 0.4) is 0 Å². The van der Waals surface area contributed by atoms with Crippen LogP contribution in [0.15, 0.2) is 82.6 Å². The Balaban J connectivity index is 1.75. The number of rotatable bonds is 5. The van der Waals surface area contributed by atoms with Crippen molar-refractivity contribution in [2.24, 2.45) is 0 Å². The Morgan fingerprint density at radius 3 is 2.23 bits per heavy atom. The first-order valence-electron chi connectivity index (χ1n) is 8.48. The number of sulfonamides is 1. The normalized spacial score (nSPS) is 12.1. The number of oxazole rings is 1. The van der Waals surface area contributed by atoms with Crippen molar-refractivity contribution in [2.45, 2.75) is 11.1 Å². The highest BCUT2D eigenvalue weighted by Gasteiger charge is 2.35. The van der Waals surface area contributed by atoms with Crippen LogP contribution in [0.25, 0.3) is 22.6 Å². The lowest BCUT2D eigenvalue weighted by Gasteiger charge is -2.11. The second-order valence-electron chi connectivity index (χ2n) is 6.18. The van der Waals surface area contributed by atoms with Crippen molar-refractivity contribution < 1.29 is 26.0 Å². The van der Waals surface area contributed by atoms with E-state index in [0.29, 0.717) is 21.7 Å². The number of benzene rings is 2. The number of nitrogens with zero attached hydrogens (tertiary/aromatic N) is 3. The molecule has 0 saturated heterocycles. The molecule has 2 aromatic carbocycles. The van der Waals surface area contributed by atoms with E-state index in [1.165, 1.54) is 49.0 Å². The molecule has 11 heteroatoms. The van der Waals surface area contributed by atoms with Gasteiger partial charge in [0.1, 0.15) is 0 Å². The maximum atomic E-state index is 13.2. The van der Waals surface area contributed by atoms with Crippen LogP contribution in [-0.2, 0) is 16.2 Å². The summed E-state index contributed by atoms with van der Waals surface area (Å²) in [5.74, 6) is 0.482. The number of hydrogen-bond acceptors (Lipinski definition) is 5. The maximum Gasteiger partial charge on any atom is 0.435 e. The summed E-state index contributed by atoms with van der Waals surface area (Å²) in [5.41, 5.74) is -0.334. The highest BCUT2D eigenvalue weighted by atomic mass is 32.2. The monoisotopic (exact) mass is 434 g/mol. The zero-order valence-corrected chi connectivity index (χ0v) is 15.9. The van der Waals surface area contributed by atoms with Crippen LogP contribution < -0.4 is 4.83 Å². The lowest BCUT2D eigenvalue weighted by molar-refractivity contribution is -0.141. The fourth-order valence-electron chi connectivity index (χ4n) is 2.72. The van der Waals surface area contributed by atoms with Gasteiger partial charge in [0.15, 0.2) is 17.8 Å². The van der Waals surface area contributed by atoms with Gasteiger partial charge < -0.3 is 4.42 Å². The zero-order chi connectivity index (χ0) is 21.4. The van der Waals surface area contributed by atoms with Crippen molar-refractivity contribution in [3.8, 4) is 22.6 Å². The van der Waals surface area contributed by atoms with E-state index in [-0.39, 0.29) is 10.6 Å². The number of alkyl halides is 3. The molecule has 0 spiro atoms. The zero-order valence-electron chi connectivity index (χ0n) is 15.0. The van der Waals surface area contributed by atoms with Gasteiger partial charge >= 0.3 is 6.18 Å². The van der Waals surface area contributed by atoms with Crippen molar-refractivity contribution in [3.05, 3.63) is 78.9 Å². The van der Waals surface area contributed by atoms with Crippen LogP contribution in [0.4, 0.5) is 13.2 Å². The smallest absolute Gasteiger partial charge is 0.435 e. The lowest BCUT2D eigenvalue weighted by atomic mass is 10.1. The van der Waals surface area contributed by atoms with E-state index in [1.54, 1.807) is 18.2 Å². The molecule has 4 rings (SSSR count). The van der Waals surface area contributed by atoms with Crippen LogP contribution in [0.2, 0.25) is 0 Å². The average Bonchev–Trinajstić information content (AvgIpc) is 3.38. The number of aromatic nitrogens is 3. The molecule has 0 saturated carbocycles. The van der Waals surface area contributed by atoms with E-state index < -0.39 is 21.9 Å². The van der Waals surface area contributed by atoms with E-state index in [0.717, 1.165) is 6.07 Å². The third-order valence-electron chi connectivity index (χ3n) is 4.16. The maximum absolute atomic E-state index is 13.2. The molecule has 30 heavy (non-hydrogen) atoms. The highest BCUT2D eigenvalue weighted by molar-refractivity contribution is 7.92. The van der Waals surface area contributed by atoms with Crippen molar-refractivity contribution in [2.75, 3.05) is 4.83 Å². The first kappa shape index (κ1) is 19.7. The molecule has 0 amide bonds. The fourth-order valence-corrected chi connectivity index (χ4v) is 3.71. The quantitative estimate of drug-likeness (QED) is 0.510. The van der Waals surface area contributed by atoms with Crippen molar-refractivity contribution in [1.29, 1.82) is 0 Å². The van der Waals surface area contributed by atoms with Gasteiger partial charge in [0, 0.05) is 11.1 Å². The SMILES string of the molecule is O=S(=O)(Nn1nc(C(F)(F)F)cc1-c1ccc(-c2cnco2)cc1)c1ccccc1. The van der Waals surface area contributed by atoms with Crippen LogP contribution in [-0.4, -0.2) is 23.3 Å². The number of halogens is 3. The molecule has 0 aliphatic carbocycles. The van der Waals surface area contributed by atoms with E-state index >= 15 is 0 Å². The fraction of sp³-hybridized carbons (Fsp3) is 0.0526. The van der Waals surface area contributed by atoms with E-state index in [4.69, 9.17) is 4.42 Å². The molecule has 2 aromatic heterocycles. The molecule has 4 aromatic rings. The largest absolute Gasteiger partial charge is 0.444 e. The Morgan fingerprint density at radius 2 is 1.63 bits per heavy atom. The second-order valence-corrected chi connectivity index (χ2v) is 7.84. The van der Waals surface area contributed by atoms with Crippen LogP contribution in [0, 0.1) is 0 Å². The van der Waals surface area contributed by atoms with Gasteiger partial charge in [0.05, 0.1) is 16.8 Å². The summed E-state index contributed by atoms with van der Waals surface area (Å²) >= 11 is 0. The molecule has 0 bridgehead atoms. The van der Waals surface area contributed by atoms with Crippen molar-refractivity contribution in [1.82, 2.24) is 14.9 Å². The van der Waals surface area contributed by atoms with E-state index in [2.05, 4.69) is 14.9 Å². The summed E-state index contributed by atoms with van der Waals surface area (Å²) in [5, 5.41) is 3.41. The topological polar surface area (TPSA) is 90.0 Å². The van der Waals surface area contributed by atoms with Crippen LogP contribution in [0.1, 0.15) is 5.69 Å². The van der Waals surface area contributed by atoms with Gasteiger partial charge in [0.25, 0.3) is 10.0 Å². The Morgan fingerprint density at radius 1 is 0.967 bits per heavy atom. The average molecular weight is 434 g/mol. The Bertz CT molecular complexity index is 1250. The Kier molecular flexibility index (Phi) is 4.82. The van der Waals surface area contributed by atoms with E-state index in [9.17, 15) is 21.6 Å². The molecule has 0 unspecified atom stereocenters. The van der Waals surface area contributed by atoms with Gasteiger partial charge in [-0.15, -0.1) is 5.10 Å². The van der Waals surface area contributed by atoms with E-state index in [1.807, 2.05) is 0 Å². The summed E-state index contributed by atoms with van der Waals surface area (Å²) in [6.07, 6.45) is -2.00. The highest BCUT2D eigenvalue weighted by Crippen LogP contribution is 2.32. The summed E-state index contributed by atoms with van der Waals surface area (Å²) in [6.45, 7) is 0. The molecule has 1 N–H and O–H groups in total. The first-order valence-corrected chi connectivity index (χ1v) is 9.97. The molecule has 0 radical (unpaired) electrons. The third kappa shape index (κ3) is 3.92. The summed E-state index contributed by atoms with van der Waals surface area (Å²) < 4.78 is 70.0. The molecule has 0 aliphatic heterocycles. The predicted molar refractivity (Wildman–Crippen MR) is 101 cm³/mol. The van der Waals surface area contributed by atoms with Gasteiger partial charge in [-0.2, -0.15) is 31.2 Å². The molecule has 2 heterocycles. The molecule has 0 fully saturated rings. The van der Waals surface area contributed by atoms with Gasteiger partial charge in [-0.1, -0.05) is 42.5 Å². The third-order valence-corrected chi connectivity index (χ3v) is 5.46. The second kappa shape index (κ2) is 7.34. The van der Waals surface area contributed by atoms with Gasteiger partial charge in [-0.05, 0) is 18.2 Å². The molecule has 154 valence electrons. The van der Waals surface area contributed by atoms with Crippen LogP contribution >= 0.6 is 0 Å². The molecule has 7 nitrogen and oxygen atoms in total. The lowest BCUT2D eigenvalue weighted by Crippen LogP contribution is -2.25. The molecule has 0 atom stereocenters. The minimum Gasteiger partial charge on any atom is -0.444 e. The minimum atomic E-state index is -4.75. The first-order chi connectivity index (χ1) is 14.2. The number of hydrogen-bond donors (Lipinski definition) is 1. The Labute approximate surface area is 168 Å². The summed E-state index contributed by atoms with van der Waals surface area (Å²) in [7, 11) is -4.16. The standard InChI is InChI=1S/C19H13F3N4O3S/c20-19(21,22)18-10-16(13-6-8-14(9-7-13)17-11-23-12-29-17)26(24-18)25-30(27,28)15-4-2-1-3-5-15/h1-12,25H. The molecular weight excluding hydrogens is 421 g/mol. The van der Waals surface area contributed by atoms with Crippen LogP contribution in [0.5, 0.6) is 0 Å². The molecular formula is C19H13F3N4O3S. The Hall–Kier alpha value is -3.60. The predicted octanol–water partition coefficient (Wildman–Crippen LogP) is 4.16.